The lowest BCUT2D eigenvalue weighted by molar-refractivity contribution is -0.128. The van der Waals surface area contributed by atoms with Crippen LogP contribution in [-0.2, 0) is 4.79 Å². The van der Waals surface area contributed by atoms with Crippen LogP contribution in [0.2, 0.25) is 0 Å². The lowest BCUT2D eigenvalue weighted by atomic mass is 10.5. The Balaban J connectivity index is 2.97. The second-order valence-corrected chi connectivity index (χ2v) is 1.71. The Bertz CT molecular complexity index is 85.0. The maximum Gasteiger partial charge on any atom is 0.257 e. The van der Waals surface area contributed by atoms with Gasteiger partial charge in [-0.25, -0.2) is 5.48 Å². The molecule has 0 saturated heterocycles. The molecule has 0 heterocycles. The average Bonchev–Trinajstić information content (AvgIpc) is 1.89. The summed E-state index contributed by atoms with van der Waals surface area (Å²) >= 11 is 0. The molecule has 9 heavy (non-hydrogen) atoms. The molecule has 0 aromatic carbocycles. The molecule has 4 heteroatoms. The SMILES string of the molecule is CCCNCC(=O)NO. The van der Waals surface area contributed by atoms with Crippen LogP contribution in [0.4, 0.5) is 0 Å². The summed E-state index contributed by atoms with van der Waals surface area (Å²) in [4.78, 5) is 10.3. The fourth-order valence-corrected chi connectivity index (χ4v) is 0.418. The predicted molar refractivity (Wildman–Crippen MR) is 33.1 cm³/mol. The Hall–Kier alpha value is -0.610. The van der Waals surface area contributed by atoms with Crippen LogP contribution in [0.5, 0.6) is 0 Å². The number of hydrogen-bond acceptors (Lipinski definition) is 3. The first kappa shape index (κ1) is 8.39. The van der Waals surface area contributed by atoms with Gasteiger partial charge in [0, 0.05) is 0 Å². The molecular weight excluding hydrogens is 120 g/mol. The maximum absolute atomic E-state index is 10.3. The van der Waals surface area contributed by atoms with Gasteiger partial charge in [0.2, 0.25) is 0 Å². The molecule has 0 atom stereocenters. The topological polar surface area (TPSA) is 61.4 Å². The molecule has 1 amide bonds. The van der Waals surface area contributed by atoms with Crippen molar-refractivity contribution in [2.75, 3.05) is 13.1 Å². The van der Waals surface area contributed by atoms with Crippen molar-refractivity contribution in [1.82, 2.24) is 10.8 Å². The molecule has 0 bridgehead atoms. The van der Waals surface area contributed by atoms with Gasteiger partial charge in [-0.1, -0.05) is 6.92 Å². The number of nitrogens with one attached hydrogen (secondary N) is 2. The lowest BCUT2D eigenvalue weighted by Gasteiger charge is -1.98. The van der Waals surface area contributed by atoms with Crippen molar-refractivity contribution in [3.63, 3.8) is 0 Å². The summed E-state index contributed by atoms with van der Waals surface area (Å²) in [5, 5.41) is 10.8. The second-order valence-electron chi connectivity index (χ2n) is 1.71. The Kier molecular flexibility index (Phi) is 5.15. The normalized spacial score (nSPS) is 9.11. The second kappa shape index (κ2) is 5.53. The van der Waals surface area contributed by atoms with Crippen molar-refractivity contribution in [3.8, 4) is 0 Å². The summed E-state index contributed by atoms with van der Waals surface area (Å²) in [6, 6.07) is 0. The number of rotatable bonds is 4. The van der Waals surface area contributed by atoms with E-state index < -0.39 is 5.91 Å². The fraction of sp³-hybridized carbons (Fsp3) is 0.800. The monoisotopic (exact) mass is 132 g/mol. The molecule has 54 valence electrons. The molecule has 0 rings (SSSR count). The summed E-state index contributed by atoms with van der Waals surface area (Å²) in [5.74, 6) is -0.400. The highest BCUT2D eigenvalue weighted by molar-refractivity contribution is 5.76. The van der Waals surface area contributed by atoms with E-state index in [2.05, 4.69) is 5.32 Å². The largest absolute Gasteiger partial charge is 0.308 e. The van der Waals surface area contributed by atoms with Crippen LogP contribution in [0.15, 0.2) is 0 Å². The Morgan fingerprint density at radius 3 is 2.78 bits per heavy atom. The zero-order valence-corrected chi connectivity index (χ0v) is 5.48. The van der Waals surface area contributed by atoms with Crippen molar-refractivity contribution < 1.29 is 10.0 Å². The summed E-state index contributed by atoms with van der Waals surface area (Å²) in [6.07, 6.45) is 0.985. The lowest BCUT2D eigenvalue weighted by Crippen LogP contribution is -2.31. The minimum atomic E-state index is -0.400. The molecule has 0 fully saturated rings. The Labute approximate surface area is 54.2 Å². The van der Waals surface area contributed by atoms with Crippen LogP contribution in [0.3, 0.4) is 0 Å². The van der Waals surface area contributed by atoms with E-state index in [1.165, 1.54) is 5.48 Å². The summed E-state index contributed by atoms with van der Waals surface area (Å²) in [7, 11) is 0. The van der Waals surface area contributed by atoms with E-state index in [9.17, 15) is 4.79 Å². The molecule has 0 aliphatic carbocycles. The third kappa shape index (κ3) is 5.26. The molecule has 0 aromatic rings. The van der Waals surface area contributed by atoms with Crippen LogP contribution >= 0.6 is 0 Å². The zero-order valence-electron chi connectivity index (χ0n) is 5.48. The molecule has 0 unspecified atom stereocenters. The van der Waals surface area contributed by atoms with Gasteiger partial charge in [0.25, 0.3) is 5.91 Å². The third-order valence-electron chi connectivity index (χ3n) is 0.837. The standard InChI is InChI=1S/C5H12N2O2/c1-2-3-6-4-5(8)7-9/h6,9H,2-4H2,1H3,(H,7,8). The molecule has 0 saturated carbocycles. The minimum Gasteiger partial charge on any atom is -0.308 e. The van der Waals surface area contributed by atoms with E-state index in [1.807, 2.05) is 6.92 Å². The van der Waals surface area contributed by atoms with Gasteiger partial charge in [-0.3, -0.25) is 10.0 Å². The minimum absolute atomic E-state index is 0.185. The van der Waals surface area contributed by atoms with Crippen LogP contribution in [0.25, 0.3) is 0 Å². The van der Waals surface area contributed by atoms with Crippen LogP contribution < -0.4 is 10.8 Å². The first-order valence-corrected chi connectivity index (χ1v) is 2.95. The summed E-state index contributed by atoms with van der Waals surface area (Å²) in [6.45, 7) is 2.99. The quantitative estimate of drug-likeness (QED) is 0.274. The fourth-order valence-electron chi connectivity index (χ4n) is 0.418. The highest BCUT2D eigenvalue weighted by Crippen LogP contribution is 1.67. The van der Waals surface area contributed by atoms with E-state index >= 15 is 0 Å². The van der Waals surface area contributed by atoms with Crippen molar-refractivity contribution in [3.05, 3.63) is 0 Å². The number of hydrogen-bond donors (Lipinski definition) is 3. The highest BCUT2D eigenvalue weighted by atomic mass is 16.5. The Morgan fingerprint density at radius 2 is 2.33 bits per heavy atom. The Morgan fingerprint density at radius 1 is 1.67 bits per heavy atom. The number of carbonyl (C=O) groups is 1. The van der Waals surface area contributed by atoms with E-state index in [-0.39, 0.29) is 6.54 Å². The highest BCUT2D eigenvalue weighted by Gasteiger charge is 1.93. The van der Waals surface area contributed by atoms with Gasteiger partial charge in [-0.15, -0.1) is 0 Å². The molecule has 0 radical (unpaired) electrons. The van der Waals surface area contributed by atoms with Crippen molar-refractivity contribution in [1.29, 1.82) is 0 Å². The zero-order chi connectivity index (χ0) is 7.11. The van der Waals surface area contributed by atoms with E-state index in [0.717, 1.165) is 13.0 Å². The average molecular weight is 132 g/mol. The van der Waals surface area contributed by atoms with Crippen LogP contribution in [0.1, 0.15) is 13.3 Å². The van der Waals surface area contributed by atoms with Gasteiger partial charge < -0.3 is 5.32 Å². The van der Waals surface area contributed by atoms with E-state index in [0.29, 0.717) is 0 Å². The smallest absolute Gasteiger partial charge is 0.257 e. The first-order valence-electron chi connectivity index (χ1n) is 2.95. The number of hydroxylamine groups is 1. The molecule has 0 spiro atoms. The van der Waals surface area contributed by atoms with Gasteiger partial charge in [-0.05, 0) is 13.0 Å². The number of carbonyl (C=O) groups excluding carboxylic acids is 1. The van der Waals surface area contributed by atoms with Gasteiger partial charge in [0.05, 0.1) is 6.54 Å². The van der Waals surface area contributed by atoms with Crippen LogP contribution in [0, 0.1) is 0 Å². The first-order chi connectivity index (χ1) is 4.31. The molecule has 3 N–H and O–H groups in total. The van der Waals surface area contributed by atoms with E-state index in [1.54, 1.807) is 0 Å². The van der Waals surface area contributed by atoms with Crippen molar-refractivity contribution in [2.45, 2.75) is 13.3 Å². The summed E-state index contributed by atoms with van der Waals surface area (Å²) < 4.78 is 0. The molecule has 0 aliphatic rings. The van der Waals surface area contributed by atoms with Crippen LogP contribution in [-0.4, -0.2) is 24.2 Å². The number of amides is 1. The third-order valence-corrected chi connectivity index (χ3v) is 0.837. The van der Waals surface area contributed by atoms with Gasteiger partial charge in [0.15, 0.2) is 0 Å². The molecule has 0 aromatic heterocycles. The molecule has 0 aliphatic heterocycles. The molecule has 4 nitrogen and oxygen atoms in total. The van der Waals surface area contributed by atoms with Gasteiger partial charge in [0.1, 0.15) is 0 Å². The summed E-state index contributed by atoms with van der Waals surface area (Å²) in [5.41, 5.74) is 1.52. The molecular formula is C5H12N2O2. The van der Waals surface area contributed by atoms with Crippen molar-refractivity contribution >= 4 is 5.91 Å². The predicted octanol–water partition coefficient (Wildman–Crippen LogP) is -0.509. The van der Waals surface area contributed by atoms with Crippen molar-refractivity contribution in [2.24, 2.45) is 0 Å². The van der Waals surface area contributed by atoms with E-state index in [4.69, 9.17) is 5.21 Å². The van der Waals surface area contributed by atoms with Gasteiger partial charge >= 0.3 is 0 Å². The maximum atomic E-state index is 10.3. The van der Waals surface area contributed by atoms with Gasteiger partial charge in [-0.2, -0.15) is 0 Å².